The van der Waals surface area contributed by atoms with Crippen LogP contribution in [0.15, 0.2) is 72.8 Å². The predicted molar refractivity (Wildman–Crippen MR) is 132 cm³/mol. The van der Waals surface area contributed by atoms with Crippen molar-refractivity contribution in [1.29, 1.82) is 0 Å². The fraction of sp³-hybridized carbons (Fsp3) is 0.222. The number of hydrogen-bond donors (Lipinski definition) is 1. The number of hydrogen-bond acceptors (Lipinski definition) is 4. The van der Waals surface area contributed by atoms with Crippen molar-refractivity contribution in [3.8, 4) is 0 Å². The highest BCUT2D eigenvalue weighted by molar-refractivity contribution is 6.06. The molecule has 1 amide bonds. The van der Waals surface area contributed by atoms with E-state index in [0.29, 0.717) is 17.9 Å². The van der Waals surface area contributed by atoms with Gasteiger partial charge in [-0.3, -0.25) is 4.79 Å². The molecule has 1 aromatic heterocycles. The Morgan fingerprint density at radius 1 is 0.906 bits per heavy atom. The Kier molecular flexibility index (Phi) is 6.17. The molecule has 32 heavy (non-hydrogen) atoms. The van der Waals surface area contributed by atoms with Crippen LogP contribution in [0.5, 0.6) is 0 Å². The molecular formula is C27H28N4O. The smallest absolute Gasteiger partial charge is 0.255 e. The molecule has 0 bridgehead atoms. The van der Waals surface area contributed by atoms with Gasteiger partial charge in [-0.2, -0.15) is 0 Å². The molecule has 0 saturated heterocycles. The van der Waals surface area contributed by atoms with Gasteiger partial charge in [0.1, 0.15) is 11.6 Å². The van der Waals surface area contributed by atoms with Gasteiger partial charge in [0.25, 0.3) is 5.91 Å². The van der Waals surface area contributed by atoms with E-state index in [4.69, 9.17) is 9.97 Å². The number of aromatic nitrogens is 2. The summed E-state index contributed by atoms with van der Waals surface area (Å²) in [6, 6.07) is 23.7. The summed E-state index contributed by atoms with van der Waals surface area (Å²) in [6.07, 6.45) is 0.639. The lowest BCUT2D eigenvalue weighted by molar-refractivity contribution is 0.102. The lowest BCUT2D eigenvalue weighted by atomic mass is 10.1. The molecule has 0 spiro atoms. The average Bonchev–Trinajstić information content (AvgIpc) is 2.79. The maximum absolute atomic E-state index is 12.7. The molecule has 5 heteroatoms. The van der Waals surface area contributed by atoms with Crippen LogP contribution < -0.4 is 10.2 Å². The Bertz CT molecular complexity index is 1220. The molecule has 4 aromatic rings. The van der Waals surface area contributed by atoms with Crippen LogP contribution in [0.4, 0.5) is 11.5 Å². The maximum Gasteiger partial charge on any atom is 0.255 e. The van der Waals surface area contributed by atoms with Gasteiger partial charge in [-0.05, 0) is 46.5 Å². The standard InChI is InChI=1S/C27H28N4O/c1-18(2)24-17-26(31(3)4)30-25(29-24)15-19-9-13-23(14-10-19)28-27(32)22-12-11-20-7-5-6-8-21(20)16-22/h5-14,16-18H,15H2,1-4H3,(H,28,32). The monoisotopic (exact) mass is 424 g/mol. The van der Waals surface area contributed by atoms with Crippen molar-refractivity contribution >= 4 is 28.2 Å². The van der Waals surface area contributed by atoms with Crippen molar-refractivity contribution in [3.63, 3.8) is 0 Å². The van der Waals surface area contributed by atoms with Crippen LogP contribution in [0.2, 0.25) is 0 Å². The first-order chi connectivity index (χ1) is 15.4. The Balaban J connectivity index is 1.47. The number of benzene rings is 3. The molecule has 3 aromatic carbocycles. The Hall–Kier alpha value is -3.73. The van der Waals surface area contributed by atoms with Crippen molar-refractivity contribution < 1.29 is 4.79 Å². The van der Waals surface area contributed by atoms with Crippen molar-refractivity contribution in [3.05, 3.63) is 95.4 Å². The van der Waals surface area contributed by atoms with Gasteiger partial charge in [-0.15, -0.1) is 0 Å². The van der Waals surface area contributed by atoms with Crippen LogP contribution in [-0.2, 0) is 6.42 Å². The van der Waals surface area contributed by atoms with Gasteiger partial charge >= 0.3 is 0 Å². The fourth-order valence-corrected chi connectivity index (χ4v) is 3.53. The van der Waals surface area contributed by atoms with Crippen LogP contribution in [0, 0.1) is 0 Å². The molecule has 0 unspecified atom stereocenters. The minimum Gasteiger partial charge on any atom is -0.363 e. The summed E-state index contributed by atoms with van der Waals surface area (Å²) in [5, 5.41) is 5.16. The zero-order valence-corrected chi connectivity index (χ0v) is 19.0. The Labute approximate surface area is 189 Å². The zero-order valence-electron chi connectivity index (χ0n) is 19.0. The second-order valence-electron chi connectivity index (χ2n) is 8.51. The first-order valence-corrected chi connectivity index (χ1v) is 10.8. The molecule has 0 aliphatic rings. The fourth-order valence-electron chi connectivity index (χ4n) is 3.53. The summed E-state index contributed by atoms with van der Waals surface area (Å²) in [6.45, 7) is 4.27. The third-order valence-electron chi connectivity index (χ3n) is 5.41. The number of nitrogens with zero attached hydrogens (tertiary/aromatic N) is 3. The molecule has 0 saturated carbocycles. The van der Waals surface area contributed by atoms with Crippen molar-refractivity contribution in [2.24, 2.45) is 0 Å². The molecule has 1 N–H and O–H groups in total. The summed E-state index contributed by atoms with van der Waals surface area (Å²) in [5.41, 5.74) is 3.54. The van der Waals surface area contributed by atoms with E-state index in [1.165, 1.54) is 0 Å². The number of fused-ring (bicyclic) bond motifs is 1. The van der Waals surface area contributed by atoms with Gasteiger partial charge in [0.2, 0.25) is 0 Å². The van der Waals surface area contributed by atoms with E-state index in [2.05, 4.69) is 19.2 Å². The maximum atomic E-state index is 12.7. The first-order valence-electron chi connectivity index (χ1n) is 10.8. The molecule has 4 rings (SSSR count). The number of anilines is 2. The Morgan fingerprint density at radius 3 is 2.31 bits per heavy atom. The van der Waals surface area contributed by atoms with E-state index < -0.39 is 0 Å². The molecule has 0 atom stereocenters. The molecule has 162 valence electrons. The number of rotatable bonds is 6. The molecule has 0 radical (unpaired) electrons. The number of carbonyl (C=O) groups is 1. The minimum atomic E-state index is -0.118. The molecule has 5 nitrogen and oxygen atoms in total. The van der Waals surface area contributed by atoms with Crippen LogP contribution >= 0.6 is 0 Å². The van der Waals surface area contributed by atoms with Crippen molar-refractivity contribution in [2.45, 2.75) is 26.2 Å². The van der Waals surface area contributed by atoms with Crippen molar-refractivity contribution in [2.75, 3.05) is 24.3 Å². The highest BCUT2D eigenvalue weighted by atomic mass is 16.1. The highest BCUT2D eigenvalue weighted by Crippen LogP contribution is 2.20. The van der Waals surface area contributed by atoms with E-state index in [0.717, 1.165) is 39.4 Å². The quantitative estimate of drug-likeness (QED) is 0.434. The van der Waals surface area contributed by atoms with Gasteiger partial charge in [-0.1, -0.05) is 56.3 Å². The number of amides is 1. The second-order valence-corrected chi connectivity index (χ2v) is 8.51. The van der Waals surface area contributed by atoms with E-state index in [1.54, 1.807) is 0 Å². The van der Waals surface area contributed by atoms with E-state index >= 15 is 0 Å². The molecule has 0 aliphatic heterocycles. The lowest BCUT2D eigenvalue weighted by Crippen LogP contribution is -2.14. The van der Waals surface area contributed by atoms with E-state index in [9.17, 15) is 4.79 Å². The summed E-state index contributed by atoms with van der Waals surface area (Å²) >= 11 is 0. The van der Waals surface area contributed by atoms with Crippen molar-refractivity contribution in [1.82, 2.24) is 9.97 Å². The predicted octanol–water partition coefficient (Wildman–Crippen LogP) is 5.66. The third-order valence-corrected chi connectivity index (χ3v) is 5.41. The molecule has 1 heterocycles. The first kappa shape index (κ1) is 21.5. The minimum absolute atomic E-state index is 0.118. The highest BCUT2D eigenvalue weighted by Gasteiger charge is 2.11. The Morgan fingerprint density at radius 2 is 1.62 bits per heavy atom. The van der Waals surface area contributed by atoms with Gasteiger partial charge < -0.3 is 10.2 Å². The topological polar surface area (TPSA) is 58.1 Å². The van der Waals surface area contributed by atoms with Gasteiger partial charge in [0.05, 0.1) is 0 Å². The molecular weight excluding hydrogens is 396 g/mol. The lowest BCUT2D eigenvalue weighted by Gasteiger charge is -2.15. The van der Waals surface area contributed by atoms with Crippen LogP contribution in [0.3, 0.4) is 0 Å². The molecule has 0 aliphatic carbocycles. The number of carbonyl (C=O) groups excluding carboxylic acids is 1. The van der Waals surface area contributed by atoms with Crippen LogP contribution in [0.1, 0.15) is 47.2 Å². The van der Waals surface area contributed by atoms with Gasteiger partial charge in [-0.25, -0.2) is 9.97 Å². The SMILES string of the molecule is CC(C)c1cc(N(C)C)nc(Cc2ccc(NC(=O)c3ccc4ccccc4c3)cc2)n1. The third kappa shape index (κ3) is 4.94. The molecule has 0 fully saturated rings. The number of nitrogens with one attached hydrogen (secondary N) is 1. The van der Waals surface area contributed by atoms with Crippen LogP contribution in [-0.4, -0.2) is 30.0 Å². The summed E-state index contributed by atoms with van der Waals surface area (Å²) in [7, 11) is 3.98. The van der Waals surface area contributed by atoms with E-state index in [-0.39, 0.29) is 5.91 Å². The average molecular weight is 425 g/mol. The van der Waals surface area contributed by atoms with Gasteiger partial charge in [0, 0.05) is 43.5 Å². The normalized spacial score (nSPS) is 11.0. The second kappa shape index (κ2) is 9.18. The summed E-state index contributed by atoms with van der Waals surface area (Å²) < 4.78 is 0. The van der Waals surface area contributed by atoms with Gasteiger partial charge in [0.15, 0.2) is 0 Å². The summed E-state index contributed by atoms with van der Waals surface area (Å²) in [5.74, 6) is 1.93. The van der Waals surface area contributed by atoms with Crippen LogP contribution in [0.25, 0.3) is 10.8 Å². The summed E-state index contributed by atoms with van der Waals surface area (Å²) in [4.78, 5) is 24.1. The zero-order chi connectivity index (χ0) is 22.7. The van der Waals surface area contributed by atoms with E-state index in [1.807, 2.05) is 91.8 Å². The largest absolute Gasteiger partial charge is 0.363 e.